The van der Waals surface area contributed by atoms with E-state index in [4.69, 9.17) is 4.74 Å². The van der Waals surface area contributed by atoms with Gasteiger partial charge in [0.15, 0.2) is 0 Å². The van der Waals surface area contributed by atoms with Crippen LogP contribution in [0.2, 0.25) is 0 Å². The minimum Gasteiger partial charge on any atom is -0.490 e. The average molecular weight is 323 g/mol. The number of ether oxygens (including phenoxy) is 1. The monoisotopic (exact) mass is 323 g/mol. The van der Waals surface area contributed by atoms with Crippen LogP contribution in [0.1, 0.15) is 32.0 Å². The van der Waals surface area contributed by atoms with Gasteiger partial charge < -0.3 is 14.6 Å². The third-order valence-electron chi connectivity index (χ3n) is 4.12. The first-order chi connectivity index (χ1) is 11.7. The maximum Gasteiger partial charge on any atom is 0.129 e. The Morgan fingerprint density at radius 2 is 2.00 bits per heavy atom. The van der Waals surface area contributed by atoms with Crippen LogP contribution in [0.3, 0.4) is 0 Å². The van der Waals surface area contributed by atoms with Gasteiger partial charge in [-0.15, -0.1) is 0 Å². The number of nitrogens with zero attached hydrogens (tertiary/aromatic N) is 2. The summed E-state index contributed by atoms with van der Waals surface area (Å²) in [7, 11) is 1.98. The first-order valence-corrected chi connectivity index (χ1v) is 8.52. The molecule has 4 heteroatoms. The van der Waals surface area contributed by atoms with Gasteiger partial charge in [0, 0.05) is 17.8 Å². The highest BCUT2D eigenvalue weighted by atomic mass is 16.5. The number of fused-ring (bicyclic) bond motifs is 1. The zero-order chi connectivity index (χ0) is 16.9. The smallest absolute Gasteiger partial charge is 0.129 e. The number of nitrogens with one attached hydrogen (secondary N) is 1. The van der Waals surface area contributed by atoms with Crippen LogP contribution in [0, 0.1) is 0 Å². The molecule has 2 aromatic heterocycles. The molecule has 0 bridgehead atoms. The molecule has 3 aromatic rings. The highest BCUT2D eigenvalue weighted by molar-refractivity contribution is 5.86. The summed E-state index contributed by atoms with van der Waals surface area (Å²) in [6, 6.07) is 14.7. The Hall–Kier alpha value is -2.33. The van der Waals surface area contributed by atoms with Gasteiger partial charge in [-0.2, -0.15) is 0 Å². The van der Waals surface area contributed by atoms with E-state index in [1.807, 2.05) is 31.4 Å². The number of hydrogen-bond acceptors (Lipinski definition) is 3. The molecule has 0 saturated heterocycles. The summed E-state index contributed by atoms with van der Waals surface area (Å²) in [5, 5.41) is 4.40. The fraction of sp³-hybridized carbons (Fsp3) is 0.350. The minimum absolute atomic E-state index is 0.162. The van der Waals surface area contributed by atoms with Gasteiger partial charge in [0.05, 0.1) is 23.4 Å². The molecule has 0 fully saturated rings. The molecule has 1 atom stereocenters. The lowest BCUT2D eigenvalue weighted by Gasteiger charge is -2.20. The van der Waals surface area contributed by atoms with E-state index in [1.165, 1.54) is 5.52 Å². The van der Waals surface area contributed by atoms with Crippen molar-refractivity contribution in [2.24, 2.45) is 0 Å². The molecule has 1 N–H and O–H groups in total. The second-order valence-corrected chi connectivity index (χ2v) is 6.24. The number of rotatable bonds is 7. The van der Waals surface area contributed by atoms with Crippen LogP contribution in [0.4, 0.5) is 0 Å². The quantitative estimate of drug-likeness (QED) is 0.714. The molecule has 1 aromatic carbocycles. The molecule has 24 heavy (non-hydrogen) atoms. The van der Waals surface area contributed by atoms with Crippen LogP contribution >= 0.6 is 0 Å². The fourth-order valence-electron chi connectivity index (χ4n) is 3.07. The van der Waals surface area contributed by atoms with Crippen LogP contribution in [0.5, 0.6) is 5.75 Å². The Labute approximate surface area is 143 Å². The second-order valence-electron chi connectivity index (χ2n) is 6.24. The van der Waals surface area contributed by atoms with E-state index in [1.54, 1.807) is 0 Å². The Kier molecular flexibility index (Phi) is 5.16. The van der Waals surface area contributed by atoms with E-state index in [9.17, 15) is 0 Å². The van der Waals surface area contributed by atoms with Gasteiger partial charge in [-0.25, -0.2) is 0 Å². The number of pyridine rings is 1. The van der Waals surface area contributed by atoms with E-state index in [-0.39, 0.29) is 12.1 Å². The number of benzene rings is 1. The van der Waals surface area contributed by atoms with E-state index in [0.717, 1.165) is 29.8 Å². The predicted octanol–water partition coefficient (Wildman–Crippen LogP) is 4.02. The SMILES string of the molecule is CNCCC(c1ccccn1)n1ccc2c(OC(C)C)cccc21. The van der Waals surface area contributed by atoms with E-state index >= 15 is 0 Å². The highest BCUT2D eigenvalue weighted by Crippen LogP contribution is 2.32. The van der Waals surface area contributed by atoms with E-state index in [2.05, 4.69) is 59.2 Å². The molecule has 0 saturated carbocycles. The highest BCUT2D eigenvalue weighted by Gasteiger charge is 2.17. The molecule has 3 rings (SSSR count). The Morgan fingerprint density at radius 3 is 2.71 bits per heavy atom. The van der Waals surface area contributed by atoms with Crippen LogP contribution in [0.25, 0.3) is 10.9 Å². The lowest BCUT2D eigenvalue weighted by Crippen LogP contribution is -2.18. The van der Waals surface area contributed by atoms with Crippen molar-refractivity contribution in [2.45, 2.75) is 32.4 Å². The van der Waals surface area contributed by atoms with Crippen molar-refractivity contribution in [3.63, 3.8) is 0 Å². The second kappa shape index (κ2) is 7.49. The third kappa shape index (κ3) is 3.44. The Balaban J connectivity index is 2.05. The van der Waals surface area contributed by atoms with E-state index in [0.29, 0.717) is 0 Å². The topological polar surface area (TPSA) is 39.1 Å². The molecule has 0 aliphatic heterocycles. The molecule has 4 nitrogen and oxygen atoms in total. The van der Waals surface area contributed by atoms with Crippen LogP contribution in [-0.2, 0) is 0 Å². The number of hydrogen-bond donors (Lipinski definition) is 1. The average Bonchev–Trinajstić information content (AvgIpc) is 3.01. The third-order valence-corrected chi connectivity index (χ3v) is 4.12. The standard InChI is InChI=1S/C20H25N3O/c1-15(2)24-20-9-6-8-18-16(20)11-14-23(18)19(10-13-21-3)17-7-4-5-12-22-17/h4-9,11-12,14-15,19,21H,10,13H2,1-3H3. The molecule has 126 valence electrons. The van der Waals surface area contributed by atoms with Crippen molar-refractivity contribution < 1.29 is 4.74 Å². The summed E-state index contributed by atoms with van der Waals surface area (Å²) < 4.78 is 8.27. The van der Waals surface area contributed by atoms with Gasteiger partial charge in [0.25, 0.3) is 0 Å². The summed E-state index contributed by atoms with van der Waals surface area (Å²) in [4.78, 5) is 4.59. The summed E-state index contributed by atoms with van der Waals surface area (Å²) in [6.07, 6.45) is 5.15. The van der Waals surface area contributed by atoms with Gasteiger partial charge in [0.1, 0.15) is 5.75 Å². The molecular weight excluding hydrogens is 298 g/mol. The zero-order valence-corrected chi connectivity index (χ0v) is 14.6. The lowest BCUT2D eigenvalue weighted by molar-refractivity contribution is 0.245. The minimum atomic E-state index is 0.162. The molecule has 0 amide bonds. The first kappa shape index (κ1) is 16.5. The number of aromatic nitrogens is 2. The van der Waals surface area contributed by atoms with Gasteiger partial charge in [-0.3, -0.25) is 4.98 Å². The van der Waals surface area contributed by atoms with E-state index < -0.39 is 0 Å². The van der Waals surface area contributed by atoms with Crippen LogP contribution in [-0.4, -0.2) is 29.2 Å². The normalized spacial score (nSPS) is 12.7. The van der Waals surface area contributed by atoms with Crippen molar-refractivity contribution in [1.29, 1.82) is 0 Å². The van der Waals surface area contributed by atoms with Gasteiger partial charge >= 0.3 is 0 Å². The van der Waals surface area contributed by atoms with Crippen molar-refractivity contribution in [1.82, 2.24) is 14.9 Å². The summed E-state index contributed by atoms with van der Waals surface area (Å²) in [5.41, 5.74) is 2.26. The summed E-state index contributed by atoms with van der Waals surface area (Å²) >= 11 is 0. The Morgan fingerprint density at radius 1 is 1.12 bits per heavy atom. The Bertz CT molecular complexity index is 780. The molecule has 0 aliphatic rings. The maximum atomic E-state index is 5.97. The van der Waals surface area contributed by atoms with Crippen molar-refractivity contribution >= 4 is 10.9 Å². The molecule has 0 aliphatic carbocycles. The fourth-order valence-corrected chi connectivity index (χ4v) is 3.07. The summed E-state index contributed by atoms with van der Waals surface area (Å²) in [6.45, 7) is 5.04. The largest absolute Gasteiger partial charge is 0.490 e. The van der Waals surface area contributed by atoms with Gasteiger partial charge in [-0.05, 0) is 64.2 Å². The zero-order valence-electron chi connectivity index (χ0n) is 14.6. The molecule has 1 unspecified atom stereocenters. The predicted molar refractivity (Wildman–Crippen MR) is 98.6 cm³/mol. The van der Waals surface area contributed by atoms with Gasteiger partial charge in [0.2, 0.25) is 0 Å². The van der Waals surface area contributed by atoms with Gasteiger partial charge in [-0.1, -0.05) is 12.1 Å². The maximum absolute atomic E-state index is 5.97. The molecular formula is C20H25N3O. The molecule has 2 heterocycles. The van der Waals surface area contributed by atoms with Crippen LogP contribution in [0.15, 0.2) is 54.9 Å². The molecule has 0 spiro atoms. The van der Waals surface area contributed by atoms with Crippen molar-refractivity contribution in [3.05, 3.63) is 60.6 Å². The summed E-state index contributed by atoms with van der Waals surface area (Å²) in [5.74, 6) is 0.939. The lowest BCUT2D eigenvalue weighted by atomic mass is 10.1. The van der Waals surface area contributed by atoms with Crippen LogP contribution < -0.4 is 10.1 Å². The first-order valence-electron chi connectivity index (χ1n) is 8.52. The van der Waals surface area contributed by atoms with Crippen molar-refractivity contribution in [3.8, 4) is 5.75 Å². The van der Waals surface area contributed by atoms with Crippen molar-refractivity contribution in [2.75, 3.05) is 13.6 Å². The molecule has 0 radical (unpaired) electrons.